The molecule has 2 nitrogen and oxygen atoms in total. The second-order valence-electron chi connectivity index (χ2n) is 16.2. The summed E-state index contributed by atoms with van der Waals surface area (Å²) in [5.74, 6) is 0. The Morgan fingerprint density at radius 3 is 1.54 bits per heavy atom. The molecule has 0 saturated carbocycles. The Kier molecular flexibility index (Phi) is 8.20. The molecule has 0 unspecified atom stereocenters. The van der Waals surface area contributed by atoms with Crippen LogP contribution in [-0.4, -0.2) is 4.57 Å². The molecule has 0 amide bonds. The number of nitrogens with zero attached hydrogens (tertiary/aromatic N) is 2. The maximum absolute atomic E-state index is 2.42. The van der Waals surface area contributed by atoms with E-state index < -0.39 is 0 Å². The first-order valence-corrected chi connectivity index (χ1v) is 20.5. The zero-order chi connectivity index (χ0) is 39.5. The SMILES string of the molecule is CC1(C)c2ccccc2-c2ccc(N(c3ccc(-c4ccc(-c5ccccc5)cc4)cc3)c3ccc(-c4cccc5c4c4ccccc4n5-c4ccccc4)cc3)cc21. The van der Waals surface area contributed by atoms with Crippen molar-refractivity contribution in [3.05, 3.63) is 230 Å². The average Bonchev–Trinajstić information content (AvgIpc) is 3.76. The number of aromatic nitrogens is 1. The molecule has 9 aromatic carbocycles. The maximum Gasteiger partial charge on any atom is 0.0547 e. The van der Waals surface area contributed by atoms with E-state index in [9.17, 15) is 0 Å². The van der Waals surface area contributed by atoms with Gasteiger partial charge in [-0.1, -0.05) is 172 Å². The molecule has 10 aromatic rings. The van der Waals surface area contributed by atoms with Crippen LogP contribution in [0.5, 0.6) is 0 Å². The van der Waals surface area contributed by atoms with Gasteiger partial charge in [-0.2, -0.15) is 0 Å². The summed E-state index contributed by atoms with van der Waals surface area (Å²) in [6.07, 6.45) is 0. The van der Waals surface area contributed by atoms with Crippen LogP contribution in [0.2, 0.25) is 0 Å². The van der Waals surface area contributed by atoms with Crippen LogP contribution >= 0.6 is 0 Å². The summed E-state index contributed by atoms with van der Waals surface area (Å²) in [6, 6.07) is 79.7. The molecule has 2 heteroatoms. The first-order chi connectivity index (χ1) is 29.0. The first-order valence-electron chi connectivity index (χ1n) is 20.5. The third kappa shape index (κ3) is 5.79. The molecule has 1 heterocycles. The Labute approximate surface area is 345 Å². The summed E-state index contributed by atoms with van der Waals surface area (Å²) in [5.41, 5.74) is 19.5. The molecule has 280 valence electrons. The second kappa shape index (κ2) is 13.9. The number of hydrogen-bond donors (Lipinski definition) is 0. The number of fused-ring (bicyclic) bond motifs is 6. The van der Waals surface area contributed by atoms with Gasteiger partial charge in [0.25, 0.3) is 0 Å². The monoisotopic (exact) mass is 754 g/mol. The minimum atomic E-state index is -0.106. The van der Waals surface area contributed by atoms with E-state index in [2.05, 4.69) is 242 Å². The first kappa shape index (κ1) is 34.8. The van der Waals surface area contributed by atoms with E-state index in [0.717, 1.165) is 22.7 Å². The van der Waals surface area contributed by atoms with Gasteiger partial charge in [-0.25, -0.2) is 0 Å². The maximum atomic E-state index is 2.42. The average molecular weight is 755 g/mol. The molecule has 0 N–H and O–H groups in total. The molecule has 59 heavy (non-hydrogen) atoms. The Hall–Kier alpha value is -7.42. The van der Waals surface area contributed by atoms with Crippen molar-refractivity contribution in [2.24, 2.45) is 0 Å². The quantitative estimate of drug-likeness (QED) is 0.157. The zero-order valence-corrected chi connectivity index (χ0v) is 33.2. The fraction of sp³-hybridized carbons (Fsp3) is 0.0526. The van der Waals surface area contributed by atoms with Gasteiger partial charge in [0, 0.05) is 38.9 Å². The highest BCUT2D eigenvalue weighted by atomic mass is 15.1. The van der Waals surface area contributed by atoms with Crippen LogP contribution in [0, 0.1) is 0 Å². The lowest BCUT2D eigenvalue weighted by atomic mass is 9.82. The van der Waals surface area contributed by atoms with Crippen molar-refractivity contribution in [3.8, 4) is 50.2 Å². The Balaban J connectivity index is 1.01. The van der Waals surface area contributed by atoms with Gasteiger partial charge in [0.05, 0.1) is 11.0 Å². The second-order valence-corrected chi connectivity index (χ2v) is 16.2. The number of benzene rings is 9. The van der Waals surface area contributed by atoms with E-state index in [1.165, 1.54) is 77.4 Å². The predicted molar refractivity (Wildman–Crippen MR) is 249 cm³/mol. The van der Waals surface area contributed by atoms with Gasteiger partial charge in [-0.3, -0.25) is 0 Å². The number of hydrogen-bond acceptors (Lipinski definition) is 1. The molecule has 0 atom stereocenters. The van der Waals surface area contributed by atoms with E-state index in [1.807, 2.05) is 0 Å². The number of rotatable bonds is 7. The van der Waals surface area contributed by atoms with Crippen LogP contribution in [-0.2, 0) is 5.41 Å². The fourth-order valence-electron chi connectivity index (χ4n) is 9.47. The van der Waals surface area contributed by atoms with Crippen molar-refractivity contribution in [2.75, 3.05) is 4.90 Å². The van der Waals surface area contributed by atoms with E-state index in [4.69, 9.17) is 0 Å². The highest BCUT2D eigenvalue weighted by molar-refractivity contribution is 6.15. The number of anilines is 3. The summed E-state index contributed by atoms with van der Waals surface area (Å²) < 4.78 is 2.39. The van der Waals surface area contributed by atoms with E-state index in [1.54, 1.807) is 0 Å². The van der Waals surface area contributed by atoms with E-state index >= 15 is 0 Å². The van der Waals surface area contributed by atoms with Crippen LogP contribution in [0.4, 0.5) is 17.1 Å². The van der Waals surface area contributed by atoms with E-state index in [0.29, 0.717) is 0 Å². The topological polar surface area (TPSA) is 8.17 Å². The van der Waals surface area contributed by atoms with Crippen molar-refractivity contribution in [1.82, 2.24) is 4.57 Å². The summed E-state index contributed by atoms with van der Waals surface area (Å²) in [4.78, 5) is 2.41. The standard InChI is InChI=1S/C57H42N2/c1-57(2)52-21-11-9-18-49(52)50-37-36-47(38-53(50)57)58(45-32-28-42(29-33-45)41-26-24-40(25-27-41)39-14-5-3-6-15-39)46-34-30-43(31-35-46)48-20-13-23-55-56(48)51-19-10-12-22-54(51)59(55)44-16-7-4-8-17-44/h3-38H,1-2H3. The minimum absolute atomic E-state index is 0.106. The van der Waals surface area contributed by atoms with Gasteiger partial charge < -0.3 is 9.47 Å². The van der Waals surface area contributed by atoms with Crippen LogP contribution in [0.15, 0.2) is 218 Å². The molecule has 0 spiro atoms. The lowest BCUT2D eigenvalue weighted by Gasteiger charge is -2.28. The minimum Gasteiger partial charge on any atom is -0.310 e. The lowest BCUT2D eigenvalue weighted by Crippen LogP contribution is -2.16. The van der Waals surface area contributed by atoms with Gasteiger partial charge >= 0.3 is 0 Å². The molecule has 11 rings (SSSR count). The third-order valence-corrected chi connectivity index (χ3v) is 12.4. The van der Waals surface area contributed by atoms with Crippen molar-refractivity contribution in [3.63, 3.8) is 0 Å². The van der Waals surface area contributed by atoms with Crippen molar-refractivity contribution < 1.29 is 0 Å². The third-order valence-electron chi connectivity index (χ3n) is 12.4. The lowest BCUT2D eigenvalue weighted by molar-refractivity contribution is 0.660. The molecule has 1 aromatic heterocycles. The molecule has 0 fully saturated rings. The van der Waals surface area contributed by atoms with Crippen LogP contribution < -0.4 is 4.90 Å². The Bertz CT molecular complexity index is 3140. The van der Waals surface area contributed by atoms with Crippen LogP contribution in [0.25, 0.3) is 72.0 Å². The number of para-hydroxylation sites is 2. The van der Waals surface area contributed by atoms with Crippen molar-refractivity contribution in [1.29, 1.82) is 0 Å². The Morgan fingerprint density at radius 1 is 0.356 bits per heavy atom. The summed E-state index contributed by atoms with van der Waals surface area (Å²) >= 11 is 0. The van der Waals surface area contributed by atoms with Gasteiger partial charge in [-0.05, 0) is 116 Å². The summed E-state index contributed by atoms with van der Waals surface area (Å²) in [7, 11) is 0. The summed E-state index contributed by atoms with van der Waals surface area (Å²) in [6.45, 7) is 4.71. The van der Waals surface area contributed by atoms with Gasteiger partial charge in [0.1, 0.15) is 0 Å². The molecule has 0 radical (unpaired) electrons. The Morgan fingerprint density at radius 2 is 0.847 bits per heavy atom. The smallest absolute Gasteiger partial charge is 0.0547 e. The largest absolute Gasteiger partial charge is 0.310 e. The highest BCUT2D eigenvalue weighted by Gasteiger charge is 2.35. The molecule has 0 saturated heterocycles. The van der Waals surface area contributed by atoms with Crippen LogP contribution in [0.3, 0.4) is 0 Å². The van der Waals surface area contributed by atoms with Crippen molar-refractivity contribution in [2.45, 2.75) is 19.3 Å². The fourth-order valence-corrected chi connectivity index (χ4v) is 9.47. The van der Waals surface area contributed by atoms with Gasteiger partial charge in [0.2, 0.25) is 0 Å². The van der Waals surface area contributed by atoms with Crippen LogP contribution in [0.1, 0.15) is 25.0 Å². The molecule has 1 aliphatic carbocycles. The summed E-state index contributed by atoms with van der Waals surface area (Å²) in [5, 5.41) is 2.52. The predicted octanol–water partition coefficient (Wildman–Crippen LogP) is 15.6. The normalized spacial score (nSPS) is 12.7. The highest BCUT2D eigenvalue weighted by Crippen LogP contribution is 2.51. The zero-order valence-electron chi connectivity index (χ0n) is 33.2. The van der Waals surface area contributed by atoms with Gasteiger partial charge in [0.15, 0.2) is 0 Å². The molecular formula is C57H42N2. The molecular weight excluding hydrogens is 713 g/mol. The van der Waals surface area contributed by atoms with Gasteiger partial charge in [-0.15, -0.1) is 0 Å². The molecule has 0 aliphatic heterocycles. The molecule has 1 aliphatic rings. The van der Waals surface area contributed by atoms with E-state index in [-0.39, 0.29) is 5.41 Å². The van der Waals surface area contributed by atoms with Crippen molar-refractivity contribution >= 4 is 38.9 Å². The molecule has 0 bridgehead atoms.